The van der Waals surface area contributed by atoms with Gasteiger partial charge in [0, 0.05) is 11.5 Å². The van der Waals surface area contributed by atoms with Gasteiger partial charge in [-0.2, -0.15) is 5.06 Å². The molecule has 1 fully saturated rings. The van der Waals surface area contributed by atoms with Gasteiger partial charge in [0.1, 0.15) is 12.1 Å². The second-order valence-electron chi connectivity index (χ2n) is 6.96. The molecule has 1 saturated heterocycles. The second kappa shape index (κ2) is 8.52. The van der Waals surface area contributed by atoms with Crippen molar-refractivity contribution in [3.8, 4) is 11.1 Å². The minimum Gasteiger partial charge on any atom is -0.394 e. The maximum atomic E-state index is 12.0. The van der Waals surface area contributed by atoms with Crippen LogP contribution in [0, 0.1) is 5.92 Å². The lowest BCUT2D eigenvalue weighted by atomic mass is 9.92. The summed E-state index contributed by atoms with van der Waals surface area (Å²) in [5.74, 6) is -1.07. The van der Waals surface area contributed by atoms with E-state index in [-0.39, 0.29) is 12.5 Å². The van der Waals surface area contributed by atoms with Crippen molar-refractivity contribution < 1.29 is 19.5 Å². The SMILES string of the molecule is CCC1C(CO)ON(Cc2cccc(-c3ccc(C(N)=O)cc3)c2)C1C(N)=O. The molecule has 1 heterocycles. The first-order valence-electron chi connectivity index (χ1n) is 9.27. The summed E-state index contributed by atoms with van der Waals surface area (Å²) in [5.41, 5.74) is 14.2. The first-order valence-corrected chi connectivity index (χ1v) is 9.27. The average molecular weight is 383 g/mol. The van der Waals surface area contributed by atoms with Crippen molar-refractivity contribution in [1.82, 2.24) is 5.06 Å². The molecule has 0 radical (unpaired) electrons. The fourth-order valence-electron chi connectivity index (χ4n) is 3.73. The number of nitrogens with two attached hydrogens (primary N) is 2. The van der Waals surface area contributed by atoms with Gasteiger partial charge in [-0.25, -0.2) is 0 Å². The molecular formula is C21H25N3O4. The molecule has 5 N–H and O–H groups in total. The lowest BCUT2D eigenvalue weighted by Crippen LogP contribution is -2.43. The fourth-order valence-corrected chi connectivity index (χ4v) is 3.73. The van der Waals surface area contributed by atoms with E-state index in [9.17, 15) is 14.7 Å². The van der Waals surface area contributed by atoms with Crippen LogP contribution in [0.1, 0.15) is 29.3 Å². The fraction of sp³-hybridized carbons (Fsp3) is 0.333. The van der Waals surface area contributed by atoms with Crippen LogP contribution in [0.5, 0.6) is 0 Å². The smallest absolute Gasteiger partial charge is 0.248 e. The molecule has 7 heteroatoms. The zero-order chi connectivity index (χ0) is 20.3. The van der Waals surface area contributed by atoms with Crippen LogP contribution in [0.3, 0.4) is 0 Å². The number of nitrogens with zero attached hydrogens (tertiary/aromatic N) is 1. The van der Waals surface area contributed by atoms with Crippen LogP contribution in [0.25, 0.3) is 11.1 Å². The monoisotopic (exact) mass is 383 g/mol. The number of hydroxylamine groups is 2. The van der Waals surface area contributed by atoms with Crippen molar-refractivity contribution in [3.05, 3.63) is 59.7 Å². The van der Waals surface area contributed by atoms with Crippen molar-refractivity contribution in [1.29, 1.82) is 0 Å². The van der Waals surface area contributed by atoms with Crippen molar-refractivity contribution in [2.24, 2.45) is 17.4 Å². The molecule has 0 spiro atoms. The van der Waals surface area contributed by atoms with Crippen LogP contribution in [0.15, 0.2) is 48.5 Å². The molecule has 0 bridgehead atoms. The zero-order valence-corrected chi connectivity index (χ0v) is 15.7. The summed E-state index contributed by atoms with van der Waals surface area (Å²) in [6.07, 6.45) is 0.244. The van der Waals surface area contributed by atoms with Crippen molar-refractivity contribution >= 4 is 11.8 Å². The molecule has 2 aromatic rings. The van der Waals surface area contributed by atoms with E-state index in [4.69, 9.17) is 16.3 Å². The Kier molecular flexibility index (Phi) is 6.08. The highest BCUT2D eigenvalue weighted by molar-refractivity contribution is 5.93. The maximum Gasteiger partial charge on any atom is 0.248 e. The van der Waals surface area contributed by atoms with Gasteiger partial charge in [-0.3, -0.25) is 14.4 Å². The Hall–Kier alpha value is -2.74. The van der Waals surface area contributed by atoms with Gasteiger partial charge < -0.3 is 16.6 Å². The van der Waals surface area contributed by atoms with Gasteiger partial charge in [-0.15, -0.1) is 0 Å². The Labute approximate surface area is 163 Å². The predicted octanol–water partition coefficient (Wildman–Crippen LogP) is 1.44. The molecule has 0 aromatic heterocycles. The molecule has 1 aliphatic heterocycles. The number of primary amides is 2. The van der Waals surface area contributed by atoms with Crippen LogP contribution in [0.2, 0.25) is 0 Å². The largest absolute Gasteiger partial charge is 0.394 e. The Morgan fingerprint density at radius 1 is 1.11 bits per heavy atom. The van der Waals surface area contributed by atoms with Gasteiger partial charge in [-0.1, -0.05) is 37.3 Å². The summed E-state index contributed by atoms with van der Waals surface area (Å²) in [5, 5.41) is 11.1. The van der Waals surface area contributed by atoms with Gasteiger partial charge in [0.2, 0.25) is 11.8 Å². The Morgan fingerprint density at radius 2 is 1.82 bits per heavy atom. The molecule has 3 rings (SSSR count). The van der Waals surface area contributed by atoms with Gasteiger partial charge in [0.25, 0.3) is 0 Å². The normalized spacial score (nSPS) is 22.3. The van der Waals surface area contributed by atoms with E-state index in [2.05, 4.69) is 0 Å². The lowest BCUT2D eigenvalue weighted by Gasteiger charge is -2.22. The lowest BCUT2D eigenvalue weighted by molar-refractivity contribution is -0.180. The molecule has 0 saturated carbocycles. The average Bonchev–Trinajstić information content (AvgIpc) is 3.05. The highest BCUT2D eigenvalue weighted by atomic mass is 16.7. The number of carbonyl (C=O) groups is 2. The quantitative estimate of drug-likeness (QED) is 0.668. The number of aliphatic hydroxyl groups is 1. The number of hydrogen-bond donors (Lipinski definition) is 3. The molecule has 3 atom stereocenters. The summed E-state index contributed by atoms with van der Waals surface area (Å²) in [6.45, 7) is 2.16. The Morgan fingerprint density at radius 3 is 2.39 bits per heavy atom. The van der Waals surface area contributed by atoms with Crippen LogP contribution < -0.4 is 11.5 Å². The molecule has 0 aliphatic carbocycles. The number of rotatable bonds is 7. The summed E-state index contributed by atoms with van der Waals surface area (Å²) < 4.78 is 0. The van der Waals surface area contributed by atoms with E-state index in [0.29, 0.717) is 18.5 Å². The summed E-state index contributed by atoms with van der Waals surface area (Å²) in [6, 6.07) is 14.3. The van der Waals surface area contributed by atoms with Gasteiger partial charge in [-0.05, 0) is 41.3 Å². The molecule has 148 valence electrons. The van der Waals surface area contributed by atoms with Crippen LogP contribution in [-0.4, -0.2) is 40.7 Å². The molecule has 7 nitrogen and oxygen atoms in total. The number of carbonyl (C=O) groups excluding carboxylic acids is 2. The summed E-state index contributed by atoms with van der Waals surface area (Å²) >= 11 is 0. The van der Waals surface area contributed by atoms with Crippen LogP contribution in [-0.2, 0) is 16.2 Å². The van der Waals surface area contributed by atoms with Gasteiger partial charge in [0.15, 0.2) is 0 Å². The van der Waals surface area contributed by atoms with Crippen LogP contribution >= 0.6 is 0 Å². The summed E-state index contributed by atoms with van der Waals surface area (Å²) in [7, 11) is 0. The first-order chi connectivity index (χ1) is 13.4. The predicted molar refractivity (Wildman–Crippen MR) is 105 cm³/mol. The standard InChI is InChI=1S/C21H25N3O4/c1-2-17-18(12-25)28-24(19(17)21(23)27)11-13-4-3-5-16(10-13)14-6-8-15(9-7-14)20(22)26/h3-10,17-19,25H,2,11-12H2,1H3,(H2,22,26)(H2,23,27). The van der Waals surface area contributed by atoms with E-state index in [1.165, 1.54) is 0 Å². The minimum atomic E-state index is -0.583. The molecule has 28 heavy (non-hydrogen) atoms. The molecule has 2 aromatic carbocycles. The van der Waals surface area contributed by atoms with Crippen molar-refractivity contribution in [3.63, 3.8) is 0 Å². The number of hydrogen-bond acceptors (Lipinski definition) is 5. The number of benzene rings is 2. The molecule has 2 amide bonds. The van der Waals surface area contributed by atoms with Crippen molar-refractivity contribution in [2.75, 3.05) is 6.61 Å². The Bertz CT molecular complexity index is 853. The van der Waals surface area contributed by atoms with Crippen LogP contribution in [0.4, 0.5) is 0 Å². The highest BCUT2D eigenvalue weighted by Gasteiger charge is 2.45. The molecule has 1 aliphatic rings. The van der Waals surface area contributed by atoms with E-state index in [1.54, 1.807) is 17.2 Å². The third kappa shape index (κ3) is 4.06. The van der Waals surface area contributed by atoms with Gasteiger partial charge >= 0.3 is 0 Å². The molecular weight excluding hydrogens is 358 g/mol. The van der Waals surface area contributed by atoms with Crippen molar-refractivity contribution in [2.45, 2.75) is 32.0 Å². The number of amides is 2. The summed E-state index contributed by atoms with van der Waals surface area (Å²) in [4.78, 5) is 29.0. The maximum absolute atomic E-state index is 12.0. The third-order valence-corrected chi connectivity index (χ3v) is 5.18. The van der Waals surface area contributed by atoms with E-state index >= 15 is 0 Å². The van der Waals surface area contributed by atoms with E-state index in [0.717, 1.165) is 16.7 Å². The van der Waals surface area contributed by atoms with Gasteiger partial charge in [0.05, 0.1) is 13.2 Å². The second-order valence-corrected chi connectivity index (χ2v) is 6.96. The molecule has 3 unspecified atom stereocenters. The topological polar surface area (TPSA) is 119 Å². The third-order valence-electron chi connectivity index (χ3n) is 5.18. The van der Waals surface area contributed by atoms with E-state index in [1.807, 2.05) is 43.3 Å². The first kappa shape index (κ1) is 20.0. The zero-order valence-electron chi connectivity index (χ0n) is 15.7. The highest BCUT2D eigenvalue weighted by Crippen LogP contribution is 2.32. The minimum absolute atomic E-state index is 0.146. The Balaban J connectivity index is 1.82. The number of aliphatic hydroxyl groups excluding tert-OH is 1. The van der Waals surface area contributed by atoms with E-state index < -0.39 is 24.0 Å².